The van der Waals surface area contributed by atoms with E-state index < -0.39 is 0 Å². The van der Waals surface area contributed by atoms with Crippen molar-refractivity contribution in [3.8, 4) is 5.75 Å². The van der Waals surface area contributed by atoms with Crippen LogP contribution in [-0.2, 0) is 13.2 Å². The standard InChI is InChI=1S/C15H17BrClNO2/c1-10(2)18-8-11-5-6-19-15(11)9-20-14-4-3-12(17)7-13(14)16/h3-7,10,18H,8-9H2,1-2H3. The van der Waals surface area contributed by atoms with Gasteiger partial charge in [-0.3, -0.25) is 0 Å². The van der Waals surface area contributed by atoms with Gasteiger partial charge < -0.3 is 14.5 Å². The summed E-state index contributed by atoms with van der Waals surface area (Å²) in [6, 6.07) is 7.83. The first-order chi connectivity index (χ1) is 9.56. The molecular weight excluding hydrogens is 342 g/mol. The fourth-order valence-electron chi connectivity index (χ4n) is 1.70. The molecule has 5 heteroatoms. The smallest absolute Gasteiger partial charge is 0.146 e. The minimum Gasteiger partial charge on any atom is -0.484 e. The Morgan fingerprint density at radius 2 is 2.15 bits per heavy atom. The van der Waals surface area contributed by atoms with Gasteiger partial charge in [0.2, 0.25) is 0 Å². The summed E-state index contributed by atoms with van der Waals surface area (Å²) in [4.78, 5) is 0. The number of benzene rings is 1. The second kappa shape index (κ2) is 7.16. The van der Waals surface area contributed by atoms with Crippen LogP contribution in [0.15, 0.2) is 39.4 Å². The van der Waals surface area contributed by atoms with Crippen molar-refractivity contribution in [1.29, 1.82) is 0 Å². The zero-order valence-corrected chi connectivity index (χ0v) is 13.8. The molecule has 0 bridgehead atoms. The van der Waals surface area contributed by atoms with Gasteiger partial charge in [-0.15, -0.1) is 0 Å². The fourth-order valence-corrected chi connectivity index (χ4v) is 2.50. The van der Waals surface area contributed by atoms with Crippen LogP contribution < -0.4 is 10.1 Å². The molecule has 1 N–H and O–H groups in total. The highest BCUT2D eigenvalue weighted by Gasteiger charge is 2.09. The Balaban J connectivity index is 1.98. The number of hydrogen-bond acceptors (Lipinski definition) is 3. The van der Waals surface area contributed by atoms with Gasteiger partial charge in [0.05, 0.1) is 10.7 Å². The van der Waals surface area contributed by atoms with Crippen LogP contribution in [0.1, 0.15) is 25.2 Å². The predicted molar refractivity (Wildman–Crippen MR) is 84.2 cm³/mol. The predicted octanol–water partition coefficient (Wildman–Crippen LogP) is 4.77. The molecule has 3 nitrogen and oxygen atoms in total. The van der Waals surface area contributed by atoms with Gasteiger partial charge in [0, 0.05) is 23.2 Å². The lowest BCUT2D eigenvalue weighted by molar-refractivity contribution is 0.266. The van der Waals surface area contributed by atoms with E-state index in [9.17, 15) is 0 Å². The second-order valence-corrected chi connectivity index (χ2v) is 6.06. The van der Waals surface area contributed by atoms with Crippen LogP contribution >= 0.6 is 27.5 Å². The second-order valence-electron chi connectivity index (χ2n) is 4.77. The summed E-state index contributed by atoms with van der Waals surface area (Å²) in [5, 5.41) is 4.03. The van der Waals surface area contributed by atoms with Crippen LogP contribution in [0.25, 0.3) is 0 Å². The van der Waals surface area contributed by atoms with Crippen molar-refractivity contribution in [3.05, 3.63) is 51.3 Å². The molecule has 2 rings (SSSR count). The SMILES string of the molecule is CC(C)NCc1ccoc1COc1ccc(Cl)cc1Br. The number of halogens is 2. The highest BCUT2D eigenvalue weighted by Crippen LogP contribution is 2.29. The zero-order chi connectivity index (χ0) is 14.5. The maximum absolute atomic E-state index is 5.90. The van der Waals surface area contributed by atoms with Crippen molar-refractivity contribution in [2.24, 2.45) is 0 Å². The Labute approximate surface area is 132 Å². The lowest BCUT2D eigenvalue weighted by Gasteiger charge is -2.10. The molecule has 20 heavy (non-hydrogen) atoms. The molecule has 1 heterocycles. The molecule has 0 saturated carbocycles. The van der Waals surface area contributed by atoms with Crippen molar-refractivity contribution in [1.82, 2.24) is 5.32 Å². The molecule has 0 aliphatic rings. The van der Waals surface area contributed by atoms with Crippen molar-refractivity contribution >= 4 is 27.5 Å². The summed E-state index contributed by atoms with van der Waals surface area (Å²) >= 11 is 9.33. The molecule has 0 aliphatic heterocycles. The molecule has 1 aromatic carbocycles. The first-order valence-corrected chi connectivity index (χ1v) is 7.60. The molecule has 0 atom stereocenters. The average molecular weight is 359 g/mol. The van der Waals surface area contributed by atoms with E-state index in [4.69, 9.17) is 20.8 Å². The van der Waals surface area contributed by atoms with E-state index >= 15 is 0 Å². The Kier molecular flexibility index (Phi) is 5.52. The normalized spacial score (nSPS) is 11.1. The number of nitrogens with one attached hydrogen (secondary N) is 1. The number of furan rings is 1. The quantitative estimate of drug-likeness (QED) is 0.807. The van der Waals surface area contributed by atoms with E-state index in [0.29, 0.717) is 17.7 Å². The Bertz CT molecular complexity index is 569. The highest BCUT2D eigenvalue weighted by atomic mass is 79.9. The summed E-state index contributed by atoms with van der Waals surface area (Å²) in [6.07, 6.45) is 1.69. The third kappa shape index (κ3) is 4.27. The Morgan fingerprint density at radius 3 is 2.85 bits per heavy atom. The van der Waals surface area contributed by atoms with Crippen molar-refractivity contribution < 1.29 is 9.15 Å². The minimum atomic E-state index is 0.391. The maximum atomic E-state index is 5.90. The highest BCUT2D eigenvalue weighted by molar-refractivity contribution is 9.10. The van der Waals surface area contributed by atoms with Gasteiger partial charge in [-0.1, -0.05) is 25.4 Å². The van der Waals surface area contributed by atoms with Crippen LogP contribution in [-0.4, -0.2) is 6.04 Å². The molecule has 2 aromatic rings. The molecule has 0 saturated heterocycles. The number of rotatable bonds is 6. The fraction of sp³-hybridized carbons (Fsp3) is 0.333. The van der Waals surface area contributed by atoms with Gasteiger partial charge in [0.1, 0.15) is 18.1 Å². The van der Waals surface area contributed by atoms with Gasteiger partial charge in [-0.25, -0.2) is 0 Å². The zero-order valence-electron chi connectivity index (χ0n) is 11.5. The lowest BCUT2D eigenvalue weighted by atomic mass is 10.2. The number of ether oxygens (including phenoxy) is 1. The monoisotopic (exact) mass is 357 g/mol. The van der Waals surface area contributed by atoms with Crippen LogP contribution in [0.2, 0.25) is 5.02 Å². The summed E-state index contributed by atoms with van der Waals surface area (Å²) in [7, 11) is 0. The van der Waals surface area contributed by atoms with Crippen LogP contribution in [0.4, 0.5) is 0 Å². The van der Waals surface area contributed by atoms with Crippen molar-refractivity contribution in [2.45, 2.75) is 33.0 Å². The molecule has 0 fully saturated rings. The van der Waals surface area contributed by atoms with Crippen molar-refractivity contribution in [2.75, 3.05) is 0 Å². The average Bonchev–Trinajstić information content (AvgIpc) is 2.83. The van der Waals surface area contributed by atoms with E-state index in [1.165, 1.54) is 0 Å². The molecule has 108 valence electrons. The Morgan fingerprint density at radius 1 is 1.35 bits per heavy atom. The van der Waals surface area contributed by atoms with Gasteiger partial charge >= 0.3 is 0 Å². The van der Waals surface area contributed by atoms with Crippen LogP contribution in [0.5, 0.6) is 5.75 Å². The topological polar surface area (TPSA) is 34.4 Å². The molecule has 0 spiro atoms. The van der Waals surface area contributed by atoms with Crippen LogP contribution in [0, 0.1) is 0 Å². The molecule has 0 radical (unpaired) electrons. The summed E-state index contributed by atoms with van der Waals surface area (Å²) in [5.41, 5.74) is 1.11. The molecule has 0 amide bonds. The minimum absolute atomic E-state index is 0.391. The Hall–Kier alpha value is -0.970. The first kappa shape index (κ1) is 15.4. The summed E-state index contributed by atoms with van der Waals surface area (Å²) in [5.74, 6) is 1.58. The molecule has 1 aromatic heterocycles. The van der Waals surface area contributed by atoms with Gasteiger partial charge in [-0.2, -0.15) is 0 Å². The number of hydrogen-bond donors (Lipinski definition) is 1. The maximum Gasteiger partial charge on any atom is 0.146 e. The van der Waals surface area contributed by atoms with E-state index in [-0.39, 0.29) is 0 Å². The van der Waals surface area contributed by atoms with Gasteiger partial charge in [0.15, 0.2) is 0 Å². The summed E-state index contributed by atoms with van der Waals surface area (Å²) in [6.45, 7) is 5.39. The van der Waals surface area contributed by atoms with E-state index in [2.05, 4.69) is 35.1 Å². The third-order valence-electron chi connectivity index (χ3n) is 2.79. The molecular formula is C15H17BrClNO2. The van der Waals surface area contributed by atoms with Crippen molar-refractivity contribution in [3.63, 3.8) is 0 Å². The lowest BCUT2D eigenvalue weighted by Crippen LogP contribution is -2.22. The van der Waals surface area contributed by atoms with E-state index in [0.717, 1.165) is 28.1 Å². The molecule has 0 aliphatic carbocycles. The third-order valence-corrected chi connectivity index (χ3v) is 3.65. The van der Waals surface area contributed by atoms with E-state index in [1.807, 2.05) is 12.1 Å². The first-order valence-electron chi connectivity index (χ1n) is 6.42. The van der Waals surface area contributed by atoms with Gasteiger partial charge in [-0.05, 0) is 40.2 Å². The summed E-state index contributed by atoms with van der Waals surface area (Å²) < 4.78 is 12.1. The van der Waals surface area contributed by atoms with Gasteiger partial charge in [0.25, 0.3) is 0 Å². The molecule has 0 unspecified atom stereocenters. The van der Waals surface area contributed by atoms with Crippen LogP contribution in [0.3, 0.4) is 0 Å². The largest absolute Gasteiger partial charge is 0.484 e. The van der Waals surface area contributed by atoms with E-state index in [1.54, 1.807) is 18.4 Å².